The predicted molar refractivity (Wildman–Crippen MR) is 66.3 cm³/mol. The smallest absolute Gasteiger partial charge is 0.146 e. The molecule has 0 atom stereocenters. The third-order valence-electron chi connectivity index (χ3n) is 2.13. The molecule has 0 unspecified atom stereocenters. The maximum atomic E-state index is 13.3. The Morgan fingerprint density at radius 1 is 1.24 bits per heavy atom. The molecule has 2 rings (SSSR count). The van der Waals surface area contributed by atoms with Crippen LogP contribution in [0, 0.1) is 5.82 Å². The summed E-state index contributed by atoms with van der Waals surface area (Å²) in [6.07, 6.45) is 3.22. The molecule has 0 fully saturated rings. The van der Waals surface area contributed by atoms with Crippen molar-refractivity contribution < 1.29 is 9.13 Å². The predicted octanol–water partition coefficient (Wildman–Crippen LogP) is 3.23. The monoisotopic (exact) mass is 296 g/mol. The number of rotatable bonds is 3. The molecule has 0 aliphatic rings. The molecule has 88 valence electrons. The molecule has 3 nitrogen and oxygen atoms in total. The zero-order valence-corrected chi connectivity index (χ0v) is 10.4. The molecule has 0 saturated heterocycles. The molecule has 0 amide bonds. The molecule has 0 spiro atoms. The summed E-state index contributed by atoms with van der Waals surface area (Å²) < 4.78 is 19.1. The van der Waals surface area contributed by atoms with Gasteiger partial charge in [-0.15, -0.1) is 0 Å². The number of ether oxygens (including phenoxy) is 1. The van der Waals surface area contributed by atoms with E-state index in [1.54, 1.807) is 30.6 Å². The Hall–Kier alpha value is -1.46. The van der Waals surface area contributed by atoms with Crippen molar-refractivity contribution in [1.29, 1.82) is 0 Å². The Bertz CT molecular complexity index is 534. The van der Waals surface area contributed by atoms with Gasteiger partial charge in [-0.2, -0.15) is 0 Å². The van der Waals surface area contributed by atoms with E-state index in [9.17, 15) is 4.39 Å². The summed E-state index contributed by atoms with van der Waals surface area (Å²) in [6.45, 7) is 0.388. The summed E-state index contributed by atoms with van der Waals surface area (Å²) in [5.41, 5.74) is 6.36. The van der Waals surface area contributed by atoms with E-state index in [1.165, 1.54) is 6.07 Å². The summed E-state index contributed by atoms with van der Waals surface area (Å²) in [6, 6.07) is 6.33. The largest absolute Gasteiger partial charge is 0.456 e. The van der Waals surface area contributed by atoms with Crippen LogP contribution in [0.4, 0.5) is 4.39 Å². The van der Waals surface area contributed by atoms with E-state index in [4.69, 9.17) is 10.5 Å². The fourth-order valence-electron chi connectivity index (χ4n) is 1.31. The van der Waals surface area contributed by atoms with Gasteiger partial charge in [0.15, 0.2) is 0 Å². The number of halogens is 2. The summed E-state index contributed by atoms with van der Waals surface area (Å²) in [4.78, 5) is 3.98. The molecule has 17 heavy (non-hydrogen) atoms. The lowest BCUT2D eigenvalue weighted by molar-refractivity contribution is 0.473. The lowest BCUT2D eigenvalue weighted by Crippen LogP contribution is -1.97. The highest BCUT2D eigenvalue weighted by Gasteiger charge is 2.03. The number of hydrogen-bond acceptors (Lipinski definition) is 3. The van der Waals surface area contributed by atoms with E-state index in [0.717, 1.165) is 5.56 Å². The lowest BCUT2D eigenvalue weighted by atomic mass is 10.3. The van der Waals surface area contributed by atoms with Crippen molar-refractivity contribution in [3.63, 3.8) is 0 Å². The SMILES string of the molecule is NCc1cncc(Oc2ccc(Br)c(F)c2)c1. The van der Waals surface area contributed by atoms with Crippen LogP contribution in [-0.2, 0) is 6.54 Å². The highest BCUT2D eigenvalue weighted by Crippen LogP contribution is 2.25. The molecule has 0 aliphatic carbocycles. The molecule has 0 radical (unpaired) electrons. The maximum absolute atomic E-state index is 13.3. The van der Waals surface area contributed by atoms with Crippen molar-refractivity contribution >= 4 is 15.9 Å². The van der Waals surface area contributed by atoms with Crippen molar-refractivity contribution in [1.82, 2.24) is 4.98 Å². The van der Waals surface area contributed by atoms with Crippen LogP contribution in [-0.4, -0.2) is 4.98 Å². The molecule has 0 bridgehead atoms. The topological polar surface area (TPSA) is 48.1 Å². The van der Waals surface area contributed by atoms with Crippen LogP contribution in [0.25, 0.3) is 0 Å². The third-order valence-corrected chi connectivity index (χ3v) is 2.78. The average Bonchev–Trinajstić information content (AvgIpc) is 2.34. The van der Waals surface area contributed by atoms with E-state index < -0.39 is 0 Å². The van der Waals surface area contributed by atoms with Crippen molar-refractivity contribution in [3.05, 3.63) is 52.5 Å². The number of nitrogens with two attached hydrogens (primary N) is 1. The normalized spacial score (nSPS) is 10.3. The number of benzene rings is 1. The number of nitrogens with zero attached hydrogens (tertiary/aromatic N) is 1. The Morgan fingerprint density at radius 2 is 2.06 bits per heavy atom. The highest BCUT2D eigenvalue weighted by molar-refractivity contribution is 9.10. The van der Waals surface area contributed by atoms with Gasteiger partial charge in [0.05, 0.1) is 10.7 Å². The summed E-state index contributed by atoms with van der Waals surface area (Å²) in [5, 5.41) is 0. The molecule has 0 aliphatic heterocycles. The minimum atomic E-state index is -0.370. The summed E-state index contributed by atoms with van der Waals surface area (Å²) >= 11 is 3.08. The second-order valence-corrected chi connectivity index (χ2v) is 4.27. The fourth-order valence-corrected chi connectivity index (χ4v) is 1.55. The Labute approximate surface area is 107 Å². The molecule has 5 heteroatoms. The van der Waals surface area contributed by atoms with Gasteiger partial charge in [-0.25, -0.2) is 4.39 Å². The molecular formula is C12H10BrFN2O. The maximum Gasteiger partial charge on any atom is 0.146 e. The second kappa shape index (κ2) is 5.25. The van der Waals surface area contributed by atoms with Gasteiger partial charge in [-0.05, 0) is 39.7 Å². The van der Waals surface area contributed by atoms with E-state index in [2.05, 4.69) is 20.9 Å². The molecular weight excluding hydrogens is 287 g/mol. The molecule has 0 saturated carbocycles. The van der Waals surface area contributed by atoms with Gasteiger partial charge >= 0.3 is 0 Å². The minimum absolute atomic E-state index is 0.370. The van der Waals surface area contributed by atoms with Crippen LogP contribution in [0.5, 0.6) is 11.5 Å². The highest BCUT2D eigenvalue weighted by atomic mass is 79.9. The molecule has 1 heterocycles. The Balaban J connectivity index is 2.22. The lowest BCUT2D eigenvalue weighted by Gasteiger charge is -2.06. The zero-order valence-electron chi connectivity index (χ0n) is 8.86. The summed E-state index contributed by atoms with van der Waals surface area (Å²) in [7, 11) is 0. The van der Waals surface area contributed by atoms with Crippen molar-refractivity contribution in [3.8, 4) is 11.5 Å². The first-order chi connectivity index (χ1) is 8.19. The first kappa shape index (κ1) is 12.0. The first-order valence-corrected chi connectivity index (χ1v) is 5.75. The van der Waals surface area contributed by atoms with E-state index >= 15 is 0 Å². The second-order valence-electron chi connectivity index (χ2n) is 3.41. The quantitative estimate of drug-likeness (QED) is 0.946. The van der Waals surface area contributed by atoms with Crippen LogP contribution < -0.4 is 10.5 Å². The van der Waals surface area contributed by atoms with Gasteiger partial charge in [0, 0.05) is 18.8 Å². The van der Waals surface area contributed by atoms with Gasteiger partial charge in [0.25, 0.3) is 0 Å². The number of hydrogen-bond donors (Lipinski definition) is 1. The molecule has 1 aromatic heterocycles. The van der Waals surface area contributed by atoms with Crippen molar-refractivity contribution in [2.75, 3.05) is 0 Å². The van der Waals surface area contributed by atoms with Crippen molar-refractivity contribution in [2.24, 2.45) is 5.73 Å². The first-order valence-electron chi connectivity index (χ1n) is 4.96. The van der Waals surface area contributed by atoms with Gasteiger partial charge in [0.1, 0.15) is 17.3 Å². The minimum Gasteiger partial charge on any atom is -0.456 e. The summed E-state index contributed by atoms with van der Waals surface area (Å²) in [5.74, 6) is 0.585. The van der Waals surface area contributed by atoms with Gasteiger partial charge in [-0.1, -0.05) is 0 Å². The Morgan fingerprint density at radius 3 is 2.76 bits per heavy atom. The van der Waals surface area contributed by atoms with Crippen LogP contribution in [0.2, 0.25) is 0 Å². The van der Waals surface area contributed by atoms with E-state index in [-0.39, 0.29) is 5.82 Å². The third kappa shape index (κ3) is 3.01. The van der Waals surface area contributed by atoms with E-state index in [1.807, 2.05) is 0 Å². The van der Waals surface area contributed by atoms with Crippen LogP contribution in [0.15, 0.2) is 41.1 Å². The average molecular weight is 297 g/mol. The Kier molecular flexibility index (Phi) is 3.71. The number of aromatic nitrogens is 1. The molecule has 1 aromatic carbocycles. The van der Waals surface area contributed by atoms with Crippen LogP contribution in [0.1, 0.15) is 5.56 Å². The van der Waals surface area contributed by atoms with Crippen LogP contribution in [0.3, 0.4) is 0 Å². The zero-order chi connectivity index (χ0) is 12.3. The van der Waals surface area contributed by atoms with Gasteiger partial charge in [0.2, 0.25) is 0 Å². The van der Waals surface area contributed by atoms with Crippen LogP contribution >= 0.6 is 15.9 Å². The number of pyridine rings is 1. The molecule has 2 aromatic rings. The van der Waals surface area contributed by atoms with E-state index in [0.29, 0.717) is 22.5 Å². The molecule has 2 N–H and O–H groups in total. The fraction of sp³-hybridized carbons (Fsp3) is 0.0833. The van der Waals surface area contributed by atoms with Crippen molar-refractivity contribution in [2.45, 2.75) is 6.54 Å². The standard InChI is InChI=1S/C12H10BrFN2O/c13-11-2-1-9(4-12(11)14)17-10-3-8(5-15)6-16-7-10/h1-4,6-7H,5,15H2. The van der Waals surface area contributed by atoms with Gasteiger partial charge in [-0.3, -0.25) is 4.98 Å². The van der Waals surface area contributed by atoms with Gasteiger partial charge < -0.3 is 10.5 Å².